The maximum Gasteiger partial charge on any atom is -0.00773 e. The molecule has 1 nitrogen and oxygen atoms in total. The Hall–Kier alpha value is -0.0400. The van der Waals surface area contributed by atoms with Gasteiger partial charge in [-0.25, -0.2) is 0 Å². The summed E-state index contributed by atoms with van der Waals surface area (Å²) in [4.78, 5) is 0. The number of rotatable bonds is 4. The fraction of sp³-hybridized carbons (Fsp3) is 1.00. The van der Waals surface area contributed by atoms with E-state index in [2.05, 4.69) is 13.8 Å². The van der Waals surface area contributed by atoms with Crippen LogP contribution in [0.4, 0.5) is 0 Å². The van der Waals surface area contributed by atoms with Crippen LogP contribution in [0.2, 0.25) is 0 Å². The Labute approximate surface area is 150 Å². The van der Waals surface area contributed by atoms with Crippen molar-refractivity contribution in [1.29, 1.82) is 0 Å². The average molecular weight is 332 g/mol. The van der Waals surface area contributed by atoms with Gasteiger partial charge in [0.2, 0.25) is 0 Å². The topological polar surface area (TPSA) is 26.0 Å². The monoisotopic (exact) mass is 331 g/mol. The van der Waals surface area contributed by atoms with E-state index in [1.807, 2.05) is 0 Å². The number of hydrogen-bond donors (Lipinski definition) is 1. The molecule has 4 saturated carbocycles. The molecule has 2 N–H and O–H groups in total. The molecule has 138 valence electrons. The molecule has 0 saturated heterocycles. The fourth-order valence-electron chi connectivity index (χ4n) is 8.41. The first-order valence-corrected chi connectivity index (χ1v) is 11.3. The van der Waals surface area contributed by atoms with Crippen molar-refractivity contribution in [3.63, 3.8) is 0 Å². The van der Waals surface area contributed by atoms with Gasteiger partial charge in [-0.05, 0) is 111 Å². The molecule has 4 aliphatic rings. The van der Waals surface area contributed by atoms with Gasteiger partial charge in [0.15, 0.2) is 0 Å². The molecule has 4 aliphatic carbocycles. The highest BCUT2D eigenvalue weighted by Crippen LogP contribution is 2.67. The first kappa shape index (κ1) is 17.4. The maximum absolute atomic E-state index is 5.74. The largest absolute Gasteiger partial charge is 0.330 e. The number of nitrogens with two attached hydrogens (primary N) is 1. The summed E-state index contributed by atoms with van der Waals surface area (Å²) in [5.74, 6) is 5.27. The Morgan fingerprint density at radius 1 is 0.792 bits per heavy atom. The van der Waals surface area contributed by atoms with E-state index >= 15 is 0 Å². The molecule has 0 aromatic carbocycles. The molecule has 7 atom stereocenters. The molecule has 0 amide bonds. The van der Waals surface area contributed by atoms with Gasteiger partial charge < -0.3 is 5.73 Å². The normalized spacial score (nSPS) is 50.9. The highest BCUT2D eigenvalue weighted by molar-refractivity contribution is 5.08. The zero-order chi connectivity index (χ0) is 16.8. The summed E-state index contributed by atoms with van der Waals surface area (Å²) in [7, 11) is 0. The van der Waals surface area contributed by atoms with Gasteiger partial charge in [-0.15, -0.1) is 0 Å². The van der Waals surface area contributed by atoms with Crippen molar-refractivity contribution in [3.05, 3.63) is 0 Å². The van der Waals surface area contributed by atoms with Crippen molar-refractivity contribution < 1.29 is 0 Å². The third kappa shape index (κ3) is 2.60. The highest BCUT2D eigenvalue weighted by atomic mass is 14.6. The Morgan fingerprint density at radius 3 is 2.46 bits per heavy atom. The molecule has 4 rings (SSSR count). The summed E-state index contributed by atoms with van der Waals surface area (Å²) >= 11 is 0. The lowest BCUT2D eigenvalue weighted by molar-refractivity contribution is -0.111. The smallest absolute Gasteiger partial charge is 0.00773 e. The zero-order valence-corrected chi connectivity index (χ0v) is 16.4. The van der Waals surface area contributed by atoms with Crippen LogP contribution in [0, 0.1) is 40.4 Å². The second kappa shape index (κ2) is 6.60. The van der Waals surface area contributed by atoms with E-state index in [4.69, 9.17) is 5.73 Å². The molecule has 0 aliphatic heterocycles. The first-order valence-electron chi connectivity index (χ1n) is 11.3. The molecule has 4 fully saturated rings. The highest BCUT2D eigenvalue weighted by Gasteiger charge is 2.59. The van der Waals surface area contributed by atoms with Crippen LogP contribution in [0.5, 0.6) is 0 Å². The van der Waals surface area contributed by atoms with Crippen molar-refractivity contribution in [2.45, 2.75) is 97.3 Å². The van der Waals surface area contributed by atoms with Gasteiger partial charge >= 0.3 is 0 Å². The van der Waals surface area contributed by atoms with Gasteiger partial charge in [0.05, 0.1) is 0 Å². The minimum absolute atomic E-state index is 0.674. The molecule has 24 heavy (non-hydrogen) atoms. The second-order valence-electron chi connectivity index (χ2n) is 10.5. The third-order valence-corrected chi connectivity index (χ3v) is 9.79. The van der Waals surface area contributed by atoms with E-state index in [1.54, 1.807) is 38.5 Å². The van der Waals surface area contributed by atoms with Crippen LogP contribution >= 0.6 is 0 Å². The van der Waals surface area contributed by atoms with Crippen LogP contribution in [-0.2, 0) is 0 Å². The van der Waals surface area contributed by atoms with Crippen molar-refractivity contribution in [2.75, 3.05) is 6.54 Å². The van der Waals surface area contributed by atoms with Crippen LogP contribution in [0.1, 0.15) is 97.3 Å². The zero-order valence-electron chi connectivity index (χ0n) is 16.4. The molecule has 0 heterocycles. The van der Waals surface area contributed by atoms with E-state index in [9.17, 15) is 0 Å². The molecule has 0 aromatic heterocycles. The Morgan fingerprint density at radius 2 is 1.62 bits per heavy atom. The number of fused-ring (bicyclic) bond motifs is 5. The van der Waals surface area contributed by atoms with E-state index in [0.29, 0.717) is 10.8 Å². The summed E-state index contributed by atoms with van der Waals surface area (Å²) in [6.07, 6.45) is 19.5. The second-order valence-corrected chi connectivity index (χ2v) is 10.5. The Balaban J connectivity index is 1.51. The lowest BCUT2D eigenvalue weighted by Crippen LogP contribution is -2.52. The predicted molar refractivity (Wildman–Crippen MR) is 103 cm³/mol. The van der Waals surface area contributed by atoms with Crippen molar-refractivity contribution in [2.24, 2.45) is 46.2 Å². The van der Waals surface area contributed by atoms with E-state index < -0.39 is 0 Å². The van der Waals surface area contributed by atoms with Gasteiger partial charge in [-0.2, -0.15) is 0 Å². The van der Waals surface area contributed by atoms with Gasteiger partial charge in [0.1, 0.15) is 0 Å². The van der Waals surface area contributed by atoms with Crippen LogP contribution < -0.4 is 5.73 Å². The average Bonchev–Trinajstić information content (AvgIpc) is 2.91. The maximum atomic E-state index is 5.74. The lowest BCUT2D eigenvalue weighted by atomic mass is 9.45. The number of unbranched alkanes of at least 4 members (excludes halogenated alkanes) is 1. The van der Waals surface area contributed by atoms with Gasteiger partial charge in [0, 0.05) is 0 Å². The van der Waals surface area contributed by atoms with E-state index in [-0.39, 0.29) is 0 Å². The quantitative estimate of drug-likeness (QED) is 0.613. The number of hydrogen-bond acceptors (Lipinski definition) is 1. The lowest BCUT2D eigenvalue weighted by Gasteiger charge is -2.60. The molecule has 5 unspecified atom stereocenters. The summed E-state index contributed by atoms with van der Waals surface area (Å²) < 4.78 is 0. The summed E-state index contributed by atoms with van der Waals surface area (Å²) in [5, 5.41) is 0. The van der Waals surface area contributed by atoms with Crippen LogP contribution in [0.3, 0.4) is 0 Å². The fourth-order valence-corrected chi connectivity index (χ4v) is 8.41. The van der Waals surface area contributed by atoms with Gasteiger partial charge in [-0.3, -0.25) is 0 Å². The van der Waals surface area contributed by atoms with Crippen molar-refractivity contribution in [1.82, 2.24) is 0 Å². The molecule has 0 radical (unpaired) electrons. The summed E-state index contributed by atoms with van der Waals surface area (Å²) in [6, 6.07) is 0. The predicted octanol–water partition coefficient (Wildman–Crippen LogP) is 6.16. The van der Waals surface area contributed by atoms with Crippen molar-refractivity contribution in [3.8, 4) is 0 Å². The Bertz CT molecular complexity index is 445. The first-order chi connectivity index (χ1) is 11.6. The molecular formula is C23H41N. The van der Waals surface area contributed by atoms with E-state index in [0.717, 1.165) is 36.1 Å². The van der Waals surface area contributed by atoms with Crippen LogP contribution in [-0.4, -0.2) is 6.54 Å². The van der Waals surface area contributed by atoms with Crippen molar-refractivity contribution >= 4 is 0 Å². The third-order valence-electron chi connectivity index (χ3n) is 9.79. The SMILES string of the molecule is CC12CCC3C(CCC4CCCC[C@@]43C)C1CC[C@@H]2CCCCN. The molecule has 0 spiro atoms. The minimum atomic E-state index is 0.674. The summed E-state index contributed by atoms with van der Waals surface area (Å²) in [6.45, 7) is 6.30. The molecule has 0 aromatic rings. The molecular weight excluding hydrogens is 290 g/mol. The van der Waals surface area contributed by atoms with Gasteiger partial charge in [0.25, 0.3) is 0 Å². The summed E-state index contributed by atoms with van der Waals surface area (Å²) in [5.41, 5.74) is 7.12. The van der Waals surface area contributed by atoms with Gasteiger partial charge in [-0.1, -0.05) is 33.1 Å². The standard InChI is InChI=1S/C23H41N/c1-22-14-5-3-7-17(22)9-11-19-20-12-10-18(8-4-6-16-24)23(20,2)15-13-21(19)22/h17-21H,3-16,24H2,1-2H3/t17?,18-,19?,20?,21?,22-,23?/m0/s1. The Kier molecular flexibility index (Phi) is 4.78. The minimum Gasteiger partial charge on any atom is -0.330 e. The molecule has 1 heteroatoms. The van der Waals surface area contributed by atoms with Crippen LogP contribution in [0.25, 0.3) is 0 Å². The molecule has 0 bridgehead atoms. The van der Waals surface area contributed by atoms with E-state index in [1.165, 1.54) is 44.9 Å². The van der Waals surface area contributed by atoms with Crippen LogP contribution in [0.15, 0.2) is 0 Å².